The van der Waals surface area contributed by atoms with E-state index >= 15 is 4.39 Å². The minimum Gasteiger partial charge on any atom is -0.467 e. The first kappa shape index (κ1) is 55.0. The van der Waals surface area contributed by atoms with E-state index in [9.17, 15) is 37.1 Å². The summed E-state index contributed by atoms with van der Waals surface area (Å²) in [6.07, 6.45) is 1.26. The van der Waals surface area contributed by atoms with Gasteiger partial charge in [0, 0.05) is 73.7 Å². The number of nitrogens with zero attached hydrogens (tertiary/aromatic N) is 5. The molecule has 0 radical (unpaired) electrons. The topological polar surface area (TPSA) is 155 Å². The van der Waals surface area contributed by atoms with Gasteiger partial charge in [-0.2, -0.15) is 13.2 Å². The number of carbonyl (C=O) groups excluding carboxylic acids is 5. The molecule has 0 aliphatic carbocycles. The van der Waals surface area contributed by atoms with Gasteiger partial charge >= 0.3 is 6.18 Å². The van der Waals surface area contributed by atoms with Gasteiger partial charge in [0.1, 0.15) is 24.7 Å². The van der Waals surface area contributed by atoms with Crippen molar-refractivity contribution in [1.82, 2.24) is 35.1 Å². The molecule has 0 saturated carbocycles. The van der Waals surface area contributed by atoms with Gasteiger partial charge in [0.2, 0.25) is 11.8 Å². The lowest BCUT2D eigenvalue weighted by molar-refractivity contribution is -0.141. The van der Waals surface area contributed by atoms with E-state index < -0.39 is 42.1 Å². The van der Waals surface area contributed by atoms with Crippen LogP contribution in [0, 0.1) is 23.1 Å². The van der Waals surface area contributed by atoms with Crippen LogP contribution in [-0.2, 0) is 52.8 Å². The number of halogens is 4. The number of ether oxygens (including phenoxy) is 2. The number of fused-ring (bicyclic) bond motifs is 1. The number of alkyl halides is 3. The van der Waals surface area contributed by atoms with Crippen molar-refractivity contribution in [3.05, 3.63) is 90.0 Å². The highest BCUT2D eigenvalue weighted by Gasteiger charge is 2.36. The number of benzene rings is 2. The monoisotopic (exact) mass is 978 g/mol. The highest BCUT2D eigenvalue weighted by molar-refractivity contribution is 5.95. The first-order valence-electron chi connectivity index (χ1n) is 23.5. The van der Waals surface area contributed by atoms with E-state index in [2.05, 4.69) is 22.3 Å². The molecule has 3 amide bonds. The van der Waals surface area contributed by atoms with E-state index in [1.165, 1.54) is 34.9 Å². The largest absolute Gasteiger partial charge is 0.467 e. The highest BCUT2D eigenvalue weighted by atomic mass is 19.4. The van der Waals surface area contributed by atoms with Crippen LogP contribution in [0.1, 0.15) is 76.8 Å². The number of amides is 3. The summed E-state index contributed by atoms with van der Waals surface area (Å²) in [5.41, 5.74) is 5.83. The van der Waals surface area contributed by atoms with Gasteiger partial charge in [0.15, 0.2) is 0 Å². The SMILES string of the molecule is C=CC(=O)N1CCC(C=O)C1.COC(C)c1ncccc1-c1c(CC(C)(C)COC=O)c2cc(-c3cc(F)cc(CC(NC(=O)C(C(C)C)N(C)C)C(=O)N4CCCCN4)c3)ccc2n1CC(F)(F)F. The van der Waals surface area contributed by atoms with Gasteiger partial charge in [-0.25, -0.2) is 9.82 Å². The van der Waals surface area contributed by atoms with E-state index in [1.54, 1.807) is 73.4 Å². The number of aldehydes is 1. The molecule has 2 aromatic heterocycles. The Labute approximate surface area is 407 Å². The molecule has 2 N–H and O–H groups in total. The molecule has 380 valence electrons. The van der Waals surface area contributed by atoms with E-state index in [0.29, 0.717) is 82.8 Å². The van der Waals surface area contributed by atoms with Gasteiger partial charge in [0.05, 0.1) is 30.1 Å². The number of methoxy groups -OCH3 is 1. The zero-order valence-electron chi connectivity index (χ0n) is 41.4. The number of hydrogen-bond acceptors (Lipinski definition) is 10. The maximum absolute atomic E-state index is 15.7. The Hall–Kier alpha value is -5.98. The van der Waals surface area contributed by atoms with Crippen LogP contribution < -0.4 is 10.7 Å². The number of likely N-dealkylation sites (N-methyl/N-ethyl adjacent to an activating group) is 1. The van der Waals surface area contributed by atoms with Crippen LogP contribution in [0.3, 0.4) is 0 Å². The Balaban J connectivity index is 0.000000729. The molecule has 4 atom stereocenters. The number of aromatic nitrogens is 2. The lowest BCUT2D eigenvalue weighted by Crippen LogP contribution is -2.58. The normalized spacial score (nSPS) is 16.6. The third-order valence-electron chi connectivity index (χ3n) is 12.6. The molecule has 2 saturated heterocycles. The smallest absolute Gasteiger partial charge is 0.406 e. The number of carbonyl (C=O) groups is 5. The number of rotatable bonds is 19. The third-order valence-corrected chi connectivity index (χ3v) is 12.6. The second-order valence-corrected chi connectivity index (χ2v) is 19.4. The molecule has 2 aromatic carbocycles. The summed E-state index contributed by atoms with van der Waals surface area (Å²) >= 11 is 0. The average Bonchev–Trinajstić information content (AvgIpc) is 3.91. The molecule has 4 unspecified atom stereocenters. The highest BCUT2D eigenvalue weighted by Crippen LogP contribution is 2.43. The predicted molar refractivity (Wildman–Crippen MR) is 259 cm³/mol. The molecule has 2 aliphatic rings. The van der Waals surface area contributed by atoms with E-state index in [-0.39, 0.29) is 49.0 Å². The fourth-order valence-corrected chi connectivity index (χ4v) is 9.33. The molecule has 6 rings (SSSR count). The van der Waals surface area contributed by atoms with Crippen LogP contribution in [0.15, 0.2) is 67.4 Å². The van der Waals surface area contributed by atoms with Crippen molar-refractivity contribution in [2.45, 2.75) is 97.6 Å². The maximum atomic E-state index is 15.7. The Morgan fingerprint density at radius 2 is 1.77 bits per heavy atom. The maximum Gasteiger partial charge on any atom is 0.406 e. The number of nitrogens with one attached hydrogen (secondary N) is 2. The van der Waals surface area contributed by atoms with Crippen molar-refractivity contribution in [2.75, 3.05) is 54.0 Å². The summed E-state index contributed by atoms with van der Waals surface area (Å²) in [5, 5.41) is 4.96. The number of hydrogen-bond donors (Lipinski definition) is 2. The summed E-state index contributed by atoms with van der Waals surface area (Å²) < 4.78 is 71.2. The number of hydrazine groups is 1. The van der Waals surface area contributed by atoms with Crippen LogP contribution in [0.4, 0.5) is 17.6 Å². The Morgan fingerprint density at radius 1 is 1.03 bits per heavy atom. The average molecular weight is 978 g/mol. The van der Waals surface area contributed by atoms with Crippen LogP contribution in [0.25, 0.3) is 33.3 Å². The zero-order valence-corrected chi connectivity index (χ0v) is 41.4. The van der Waals surface area contributed by atoms with Crippen LogP contribution >= 0.6 is 0 Å². The van der Waals surface area contributed by atoms with Crippen LogP contribution in [-0.4, -0.2) is 127 Å². The first-order valence-corrected chi connectivity index (χ1v) is 23.5. The fourth-order valence-electron chi connectivity index (χ4n) is 9.33. The molecule has 18 heteroatoms. The lowest BCUT2D eigenvalue weighted by Gasteiger charge is -2.33. The molecule has 0 spiro atoms. The lowest BCUT2D eigenvalue weighted by atomic mass is 9.84. The summed E-state index contributed by atoms with van der Waals surface area (Å²) in [5.74, 6) is -1.35. The molecule has 4 heterocycles. The minimum atomic E-state index is -4.60. The number of pyridine rings is 1. The van der Waals surface area contributed by atoms with E-state index in [4.69, 9.17) is 9.47 Å². The van der Waals surface area contributed by atoms with Gasteiger partial charge in [-0.15, -0.1) is 0 Å². The van der Waals surface area contributed by atoms with Crippen molar-refractivity contribution in [3.63, 3.8) is 0 Å². The van der Waals surface area contributed by atoms with Crippen molar-refractivity contribution < 1.29 is 51.0 Å². The van der Waals surface area contributed by atoms with Crippen molar-refractivity contribution >= 4 is 41.4 Å². The van der Waals surface area contributed by atoms with Crippen molar-refractivity contribution in [3.8, 4) is 22.4 Å². The summed E-state index contributed by atoms with van der Waals surface area (Å²) in [6.45, 7) is 14.1. The van der Waals surface area contributed by atoms with Gasteiger partial charge in [0.25, 0.3) is 12.4 Å². The molecule has 0 bridgehead atoms. The first-order chi connectivity index (χ1) is 33.1. The summed E-state index contributed by atoms with van der Waals surface area (Å²) in [7, 11) is 5.09. The molecule has 70 heavy (non-hydrogen) atoms. The molecular formula is C52H67F4N7O7. The van der Waals surface area contributed by atoms with Gasteiger partial charge in [-0.05, 0) is 117 Å². The summed E-state index contributed by atoms with van der Waals surface area (Å²) in [4.78, 5) is 68.1. The van der Waals surface area contributed by atoms with Crippen LogP contribution in [0.2, 0.25) is 0 Å². The molecule has 2 fully saturated rings. The summed E-state index contributed by atoms with van der Waals surface area (Å²) in [6, 6.07) is 11.2. The zero-order chi connectivity index (χ0) is 51.5. The predicted octanol–water partition coefficient (Wildman–Crippen LogP) is 7.48. The number of likely N-dealkylation sites (tertiary alicyclic amines) is 1. The van der Waals surface area contributed by atoms with Crippen LogP contribution in [0.5, 0.6) is 0 Å². The Kier molecular flexibility index (Phi) is 19.0. The van der Waals surface area contributed by atoms with Gasteiger partial charge in [-0.1, -0.05) is 46.4 Å². The van der Waals surface area contributed by atoms with Crippen molar-refractivity contribution in [1.29, 1.82) is 0 Å². The van der Waals surface area contributed by atoms with Crippen molar-refractivity contribution in [2.24, 2.45) is 17.3 Å². The molecular weight excluding hydrogens is 911 g/mol. The molecule has 2 aliphatic heterocycles. The second kappa shape index (κ2) is 24.2. The minimum absolute atomic E-state index is 0.000958. The molecule has 14 nitrogen and oxygen atoms in total. The quantitative estimate of drug-likeness (QED) is 0.0549. The second-order valence-electron chi connectivity index (χ2n) is 19.4. The Morgan fingerprint density at radius 3 is 2.37 bits per heavy atom. The van der Waals surface area contributed by atoms with E-state index in [0.717, 1.165) is 25.5 Å². The molecule has 4 aromatic rings. The van der Waals surface area contributed by atoms with E-state index in [1.807, 2.05) is 27.7 Å². The van der Waals surface area contributed by atoms with Gasteiger partial charge in [-0.3, -0.25) is 34.1 Å². The fraction of sp³-hybridized carbons (Fsp3) is 0.500. The standard InChI is InChI=1S/C44H56F4N6O5.C8H11NO2/c1-27(2)39(52(6)7)41(56)51-36(42(57)54-17-10-9-16-50-54)20-29-18-31(21-32(45)19-29)30-13-14-37-34(22-30)35(23-43(4,5)25-59-26-55)40(53(37)24-44(46,47)48)33-12-11-15-49-38(33)28(3)58-8;1-2-8(11)9-4-3-7(5-9)6-10/h11-15,18-19,21-22,26-28,36,39,50H,9-10,16-17,20,23-25H2,1-8H3,(H,51,56);2,6-7H,1,3-5H2. The third kappa shape index (κ3) is 14.1. The van der Waals surface area contributed by atoms with Gasteiger partial charge < -0.3 is 29.1 Å². The Bertz CT molecular complexity index is 2480.